The van der Waals surface area contributed by atoms with Crippen LogP contribution in [0.3, 0.4) is 0 Å². The van der Waals surface area contributed by atoms with Gasteiger partial charge >= 0.3 is 0 Å². The Labute approximate surface area is 161 Å². The number of benzene rings is 1. The maximum Gasteiger partial charge on any atom is 0.243 e. The molecule has 0 amide bonds. The van der Waals surface area contributed by atoms with E-state index in [4.69, 9.17) is 11.6 Å². The summed E-state index contributed by atoms with van der Waals surface area (Å²) in [5.74, 6) is 0. The molecule has 0 saturated carbocycles. The van der Waals surface area contributed by atoms with Crippen LogP contribution in [-0.2, 0) is 23.1 Å². The third-order valence-electron chi connectivity index (χ3n) is 4.23. The van der Waals surface area contributed by atoms with Gasteiger partial charge in [-0.3, -0.25) is 4.90 Å². The first-order chi connectivity index (χ1) is 12.0. The quantitative estimate of drug-likeness (QED) is 0.692. The molecule has 0 unspecified atom stereocenters. The Morgan fingerprint density at radius 1 is 1.20 bits per heavy atom. The number of pyridine rings is 1. The SMILES string of the molecule is O=S(=O)(NCc1ccccc1CN1CCCC1)c1cc(Br)cnc1Cl. The van der Waals surface area contributed by atoms with E-state index in [2.05, 4.69) is 36.6 Å². The zero-order chi connectivity index (χ0) is 17.9. The smallest absolute Gasteiger partial charge is 0.243 e. The predicted molar refractivity (Wildman–Crippen MR) is 102 cm³/mol. The Hall–Kier alpha value is -0.990. The molecule has 134 valence electrons. The van der Waals surface area contributed by atoms with E-state index in [1.165, 1.54) is 25.1 Å². The molecule has 0 atom stereocenters. The summed E-state index contributed by atoms with van der Waals surface area (Å²) in [6.45, 7) is 3.26. The predicted octanol–water partition coefficient (Wildman–Crippen LogP) is 3.57. The molecule has 1 aliphatic heterocycles. The van der Waals surface area contributed by atoms with Gasteiger partial charge in [0.1, 0.15) is 10.0 Å². The second kappa shape index (κ2) is 8.14. The summed E-state index contributed by atoms with van der Waals surface area (Å²) in [7, 11) is -3.74. The number of rotatable bonds is 6. The molecule has 25 heavy (non-hydrogen) atoms. The molecule has 5 nitrogen and oxygen atoms in total. The topological polar surface area (TPSA) is 62.3 Å². The third-order valence-corrected chi connectivity index (χ3v) is 6.49. The van der Waals surface area contributed by atoms with Crippen LogP contribution in [0.4, 0.5) is 0 Å². The van der Waals surface area contributed by atoms with Crippen LogP contribution in [0.2, 0.25) is 5.15 Å². The molecule has 0 bridgehead atoms. The summed E-state index contributed by atoms with van der Waals surface area (Å²) >= 11 is 9.18. The van der Waals surface area contributed by atoms with Gasteiger partial charge in [0.05, 0.1) is 0 Å². The molecule has 1 aromatic heterocycles. The molecule has 2 aromatic rings. The Kier molecular flexibility index (Phi) is 6.12. The lowest BCUT2D eigenvalue weighted by Gasteiger charge is -2.18. The first-order valence-electron chi connectivity index (χ1n) is 8.05. The maximum atomic E-state index is 12.6. The number of hydrogen-bond donors (Lipinski definition) is 1. The van der Waals surface area contributed by atoms with Crippen molar-refractivity contribution in [3.8, 4) is 0 Å². The second-order valence-electron chi connectivity index (χ2n) is 6.02. The second-order valence-corrected chi connectivity index (χ2v) is 9.03. The highest BCUT2D eigenvalue weighted by atomic mass is 79.9. The average molecular weight is 445 g/mol. The fourth-order valence-electron chi connectivity index (χ4n) is 2.91. The van der Waals surface area contributed by atoms with Gasteiger partial charge in [0.2, 0.25) is 10.0 Å². The minimum absolute atomic E-state index is 0.0273. The van der Waals surface area contributed by atoms with Crippen LogP contribution in [-0.4, -0.2) is 31.4 Å². The van der Waals surface area contributed by atoms with E-state index in [1.54, 1.807) is 0 Å². The van der Waals surface area contributed by atoms with Gasteiger partial charge in [0, 0.05) is 23.8 Å². The van der Waals surface area contributed by atoms with Crippen molar-refractivity contribution >= 4 is 37.6 Å². The number of halogens is 2. The van der Waals surface area contributed by atoms with Gasteiger partial charge in [-0.25, -0.2) is 18.1 Å². The fourth-order valence-corrected chi connectivity index (χ4v) is 4.86. The van der Waals surface area contributed by atoms with Gasteiger partial charge in [0.25, 0.3) is 0 Å². The Balaban J connectivity index is 1.75. The molecule has 1 aliphatic rings. The standard InChI is InChI=1S/C17H19BrClN3O2S/c18-15-9-16(17(19)20-11-15)25(23,24)21-10-13-5-1-2-6-14(13)12-22-7-3-4-8-22/h1-2,5-6,9,11,21H,3-4,7-8,10,12H2. The largest absolute Gasteiger partial charge is 0.299 e. The molecule has 8 heteroatoms. The molecule has 0 spiro atoms. The van der Waals surface area contributed by atoms with Crippen LogP contribution >= 0.6 is 27.5 Å². The average Bonchev–Trinajstić information content (AvgIpc) is 3.09. The Morgan fingerprint density at radius 3 is 2.60 bits per heavy atom. The van der Waals surface area contributed by atoms with Crippen LogP contribution in [0.15, 0.2) is 45.9 Å². The molecular weight excluding hydrogens is 426 g/mol. The van der Waals surface area contributed by atoms with E-state index in [0.717, 1.165) is 30.8 Å². The van der Waals surface area contributed by atoms with Gasteiger partial charge in [-0.05, 0) is 59.1 Å². The lowest BCUT2D eigenvalue weighted by atomic mass is 10.1. The van der Waals surface area contributed by atoms with Crippen molar-refractivity contribution in [3.63, 3.8) is 0 Å². The summed E-state index contributed by atoms with van der Waals surface area (Å²) < 4.78 is 28.3. The number of nitrogens with one attached hydrogen (secondary N) is 1. The highest BCUT2D eigenvalue weighted by Crippen LogP contribution is 2.23. The van der Waals surface area contributed by atoms with E-state index < -0.39 is 10.0 Å². The number of hydrogen-bond acceptors (Lipinski definition) is 4. The van der Waals surface area contributed by atoms with E-state index >= 15 is 0 Å². The monoisotopic (exact) mass is 443 g/mol. The van der Waals surface area contributed by atoms with Crippen molar-refractivity contribution in [1.29, 1.82) is 0 Å². The molecule has 2 heterocycles. The summed E-state index contributed by atoms with van der Waals surface area (Å²) in [5.41, 5.74) is 2.11. The van der Waals surface area contributed by atoms with Gasteiger partial charge in [-0.2, -0.15) is 0 Å². The molecule has 1 fully saturated rings. The molecule has 0 radical (unpaired) electrons. The van der Waals surface area contributed by atoms with Crippen LogP contribution in [0.1, 0.15) is 24.0 Å². The van der Waals surface area contributed by atoms with Crippen molar-refractivity contribution in [3.05, 3.63) is 57.3 Å². The lowest BCUT2D eigenvalue weighted by Crippen LogP contribution is -2.25. The molecule has 1 saturated heterocycles. The highest BCUT2D eigenvalue weighted by Gasteiger charge is 2.20. The highest BCUT2D eigenvalue weighted by molar-refractivity contribution is 9.10. The first-order valence-corrected chi connectivity index (χ1v) is 10.7. The van der Waals surface area contributed by atoms with Gasteiger partial charge in [-0.1, -0.05) is 35.9 Å². The normalized spacial score (nSPS) is 15.6. The number of likely N-dealkylation sites (tertiary alicyclic amines) is 1. The zero-order valence-electron chi connectivity index (χ0n) is 13.6. The van der Waals surface area contributed by atoms with Crippen LogP contribution < -0.4 is 4.72 Å². The molecule has 1 aromatic carbocycles. The third kappa shape index (κ3) is 4.80. The van der Waals surface area contributed by atoms with Gasteiger partial charge < -0.3 is 0 Å². The molecule has 1 N–H and O–H groups in total. The van der Waals surface area contributed by atoms with Gasteiger partial charge in [-0.15, -0.1) is 0 Å². The molecular formula is C17H19BrClN3O2S. The van der Waals surface area contributed by atoms with Crippen LogP contribution in [0.25, 0.3) is 0 Å². The van der Waals surface area contributed by atoms with Gasteiger partial charge in [0.15, 0.2) is 0 Å². The van der Waals surface area contributed by atoms with Crippen LogP contribution in [0.5, 0.6) is 0 Å². The van der Waals surface area contributed by atoms with Crippen LogP contribution in [0, 0.1) is 0 Å². The van der Waals surface area contributed by atoms with Crippen molar-refractivity contribution < 1.29 is 8.42 Å². The van der Waals surface area contributed by atoms with Crippen molar-refractivity contribution in [1.82, 2.24) is 14.6 Å². The van der Waals surface area contributed by atoms with E-state index in [9.17, 15) is 8.42 Å². The molecule has 0 aliphatic carbocycles. The summed E-state index contributed by atoms with van der Waals surface area (Å²) in [6, 6.07) is 9.36. The van der Waals surface area contributed by atoms with Crippen molar-refractivity contribution in [2.75, 3.05) is 13.1 Å². The zero-order valence-corrected chi connectivity index (χ0v) is 16.7. The summed E-state index contributed by atoms with van der Waals surface area (Å²) in [5, 5.41) is -0.0407. The van der Waals surface area contributed by atoms with E-state index in [0.29, 0.717) is 4.47 Å². The molecule has 3 rings (SSSR count). The maximum absolute atomic E-state index is 12.6. The summed E-state index contributed by atoms with van der Waals surface area (Å²) in [4.78, 5) is 6.24. The number of aromatic nitrogens is 1. The van der Waals surface area contributed by atoms with E-state index in [1.807, 2.05) is 18.2 Å². The summed E-state index contributed by atoms with van der Waals surface area (Å²) in [6.07, 6.45) is 3.92. The number of nitrogens with zero attached hydrogens (tertiary/aromatic N) is 2. The van der Waals surface area contributed by atoms with Crippen molar-refractivity contribution in [2.45, 2.75) is 30.8 Å². The first kappa shape index (κ1) is 18.8. The fraction of sp³-hybridized carbons (Fsp3) is 0.353. The van der Waals surface area contributed by atoms with Crippen molar-refractivity contribution in [2.24, 2.45) is 0 Å². The minimum atomic E-state index is -3.74. The number of sulfonamides is 1. The lowest BCUT2D eigenvalue weighted by molar-refractivity contribution is 0.330. The minimum Gasteiger partial charge on any atom is -0.299 e. The Morgan fingerprint density at radius 2 is 1.88 bits per heavy atom. The Bertz CT molecular complexity index is 855. The van der Waals surface area contributed by atoms with E-state index in [-0.39, 0.29) is 16.6 Å².